The molecule has 0 aliphatic carbocycles. The van der Waals surface area contributed by atoms with Crippen molar-refractivity contribution >= 4 is 17.7 Å². The standard InChI is InChI=1S/C12H22N2O2S/c1-13-11(15)9-14-10-2-5-16-12(8-10)3-6-17-7-4-12/h10,14H,2-9H2,1H3,(H,13,15). The average molecular weight is 258 g/mol. The van der Waals surface area contributed by atoms with Gasteiger partial charge in [-0.15, -0.1) is 0 Å². The molecular weight excluding hydrogens is 236 g/mol. The minimum atomic E-state index is 0.0599. The fourth-order valence-electron chi connectivity index (χ4n) is 2.62. The highest BCUT2D eigenvalue weighted by molar-refractivity contribution is 7.99. The van der Waals surface area contributed by atoms with E-state index in [9.17, 15) is 4.79 Å². The molecule has 17 heavy (non-hydrogen) atoms. The second-order valence-electron chi connectivity index (χ2n) is 4.89. The van der Waals surface area contributed by atoms with Crippen LogP contribution in [0, 0.1) is 0 Å². The summed E-state index contributed by atoms with van der Waals surface area (Å²) in [6, 6.07) is 0.434. The van der Waals surface area contributed by atoms with Crippen molar-refractivity contribution in [2.24, 2.45) is 0 Å². The van der Waals surface area contributed by atoms with E-state index in [4.69, 9.17) is 4.74 Å². The molecule has 2 N–H and O–H groups in total. The molecule has 2 aliphatic heterocycles. The van der Waals surface area contributed by atoms with Crippen molar-refractivity contribution in [3.05, 3.63) is 0 Å². The van der Waals surface area contributed by atoms with Crippen LogP contribution in [0.5, 0.6) is 0 Å². The van der Waals surface area contributed by atoms with Crippen LogP contribution in [0.15, 0.2) is 0 Å². The van der Waals surface area contributed by atoms with Crippen LogP contribution in [0.3, 0.4) is 0 Å². The summed E-state index contributed by atoms with van der Waals surface area (Å²) < 4.78 is 6.02. The van der Waals surface area contributed by atoms with Gasteiger partial charge >= 0.3 is 0 Å². The molecule has 2 heterocycles. The number of nitrogens with one attached hydrogen (secondary N) is 2. The highest BCUT2D eigenvalue weighted by Crippen LogP contribution is 2.37. The van der Waals surface area contributed by atoms with Crippen LogP contribution in [0.4, 0.5) is 0 Å². The van der Waals surface area contributed by atoms with Gasteiger partial charge in [-0.25, -0.2) is 0 Å². The fraction of sp³-hybridized carbons (Fsp3) is 0.917. The Hall–Kier alpha value is -0.260. The first-order valence-corrected chi connectivity index (χ1v) is 7.55. The number of rotatable bonds is 3. The van der Waals surface area contributed by atoms with Gasteiger partial charge in [0.2, 0.25) is 5.91 Å². The van der Waals surface area contributed by atoms with Crippen LogP contribution in [0.2, 0.25) is 0 Å². The number of thioether (sulfide) groups is 1. The molecule has 98 valence electrons. The third-order valence-corrected chi connectivity index (χ3v) is 4.71. The Balaban J connectivity index is 1.81. The number of ether oxygens (including phenoxy) is 1. The number of hydrogen-bond donors (Lipinski definition) is 2. The Labute approximate surface area is 107 Å². The van der Waals surface area contributed by atoms with E-state index in [1.165, 1.54) is 11.5 Å². The van der Waals surface area contributed by atoms with E-state index >= 15 is 0 Å². The van der Waals surface area contributed by atoms with Gasteiger partial charge in [-0.05, 0) is 37.2 Å². The normalized spacial score (nSPS) is 27.9. The Morgan fingerprint density at radius 2 is 2.24 bits per heavy atom. The monoisotopic (exact) mass is 258 g/mol. The predicted molar refractivity (Wildman–Crippen MR) is 70.3 cm³/mol. The number of carbonyl (C=O) groups excluding carboxylic acids is 1. The van der Waals surface area contributed by atoms with Crippen molar-refractivity contribution in [1.82, 2.24) is 10.6 Å². The minimum absolute atomic E-state index is 0.0599. The fourth-order valence-corrected chi connectivity index (χ4v) is 3.86. The third kappa shape index (κ3) is 3.60. The van der Waals surface area contributed by atoms with E-state index in [0.717, 1.165) is 32.3 Å². The van der Waals surface area contributed by atoms with E-state index in [0.29, 0.717) is 12.6 Å². The first-order valence-electron chi connectivity index (χ1n) is 6.40. The summed E-state index contributed by atoms with van der Waals surface area (Å²) in [7, 11) is 1.67. The molecule has 2 rings (SSSR count). The molecule has 1 amide bonds. The van der Waals surface area contributed by atoms with Crippen LogP contribution >= 0.6 is 11.8 Å². The topological polar surface area (TPSA) is 50.4 Å². The molecule has 1 spiro atoms. The van der Waals surface area contributed by atoms with Crippen LogP contribution in [-0.4, -0.2) is 49.3 Å². The molecule has 0 aromatic heterocycles. The van der Waals surface area contributed by atoms with Gasteiger partial charge in [0, 0.05) is 19.7 Å². The second kappa shape index (κ2) is 6.07. The summed E-state index contributed by atoms with van der Waals surface area (Å²) in [6.45, 7) is 1.25. The van der Waals surface area contributed by atoms with E-state index in [1.54, 1.807) is 7.05 Å². The molecule has 1 atom stereocenters. The molecule has 2 saturated heterocycles. The Morgan fingerprint density at radius 3 is 2.94 bits per heavy atom. The van der Waals surface area contributed by atoms with Crippen molar-refractivity contribution in [3.8, 4) is 0 Å². The minimum Gasteiger partial charge on any atom is -0.375 e. The second-order valence-corrected chi connectivity index (χ2v) is 6.11. The van der Waals surface area contributed by atoms with Crippen LogP contribution in [-0.2, 0) is 9.53 Å². The van der Waals surface area contributed by atoms with Crippen LogP contribution in [0.25, 0.3) is 0 Å². The Bertz CT molecular complexity index is 262. The lowest BCUT2D eigenvalue weighted by Gasteiger charge is -2.43. The van der Waals surface area contributed by atoms with Crippen molar-refractivity contribution in [2.75, 3.05) is 31.7 Å². The van der Waals surface area contributed by atoms with Gasteiger partial charge < -0.3 is 15.4 Å². The van der Waals surface area contributed by atoms with Crippen molar-refractivity contribution < 1.29 is 9.53 Å². The van der Waals surface area contributed by atoms with Crippen LogP contribution < -0.4 is 10.6 Å². The first kappa shape index (κ1) is 13.2. The zero-order chi connectivity index (χ0) is 12.1. The third-order valence-electron chi connectivity index (χ3n) is 3.73. The lowest BCUT2D eigenvalue weighted by atomic mass is 9.85. The highest BCUT2D eigenvalue weighted by atomic mass is 32.2. The predicted octanol–water partition coefficient (Wildman–Crippen LogP) is 0.767. The summed E-state index contributed by atoms with van der Waals surface area (Å²) in [5, 5.41) is 5.98. The van der Waals surface area contributed by atoms with E-state index < -0.39 is 0 Å². The van der Waals surface area contributed by atoms with Gasteiger partial charge in [-0.3, -0.25) is 4.79 Å². The SMILES string of the molecule is CNC(=O)CNC1CCOC2(CCSCC2)C1. The molecule has 2 fully saturated rings. The number of carbonyl (C=O) groups is 1. The van der Waals surface area contributed by atoms with Crippen molar-refractivity contribution in [2.45, 2.75) is 37.3 Å². The van der Waals surface area contributed by atoms with Gasteiger partial charge in [0.15, 0.2) is 0 Å². The maximum Gasteiger partial charge on any atom is 0.233 e. The van der Waals surface area contributed by atoms with Gasteiger partial charge in [-0.2, -0.15) is 11.8 Å². The van der Waals surface area contributed by atoms with Gasteiger partial charge in [0.25, 0.3) is 0 Å². The molecule has 2 aliphatic rings. The van der Waals surface area contributed by atoms with E-state index in [2.05, 4.69) is 10.6 Å². The highest BCUT2D eigenvalue weighted by Gasteiger charge is 2.38. The van der Waals surface area contributed by atoms with E-state index in [-0.39, 0.29) is 11.5 Å². The smallest absolute Gasteiger partial charge is 0.233 e. The Kier molecular flexibility index (Phi) is 4.70. The number of likely N-dealkylation sites (N-methyl/N-ethyl adjacent to an activating group) is 1. The zero-order valence-corrected chi connectivity index (χ0v) is 11.3. The van der Waals surface area contributed by atoms with Crippen molar-refractivity contribution in [1.29, 1.82) is 0 Å². The quantitative estimate of drug-likeness (QED) is 0.785. The largest absolute Gasteiger partial charge is 0.375 e. The van der Waals surface area contributed by atoms with Gasteiger partial charge in [0.1, 0.15) is 0 Å². The maximum absolute atomic E-state index is 11.2. The molecule has 0 radical (unpaired) electrons. The number of hydrogen-bond acceptors (Lipinski definition) is 4. The molecule has 4 nitrogen and oxygen atoms in total. The average Bonchev–Trinajstić information content (AvgIpc) is 2.37. The molecule has 0 saturated carbocycles. The summed E-state index contributed by atoms with van der Waals surface area (Å²) in [5.74, 6) is 2.48. The zero-order valence-electron chi connectivity index (χ0n) is 10.5. The molecule has 1 unspecified atom stereocenters. The molecule has 0 aromatic rings. The van der Waals surface area contributed by atoms with Crippen molar-refractivity contribution in [3.63, 3.8) is 0 Å². The van der Waals surface area contributed by atoms with Gasteiger partial charge in [-0.1, -0.05) is 0 Å². The van der Waals surface area contributed by atoms with Gasteiger partial charge in [0.05, 0.1) is 12.1 Å². The molecule has 0 aromatic carbocycles. The summed E-state index contributed by atoms with van der Waals surface area (Å²) in [5.41, 5.74) is 0.101. The first-order chi connectivity index (χ1) is 8.24. The number of amides is 1. The molecule has 5 heteroatoms. The molecule has 0 bridgehead atoms. The Morgan fingerprint density at radius 1 is 1.47 bits per heavy atom. The maximum atomic E-state index is 11.2. The molecular formula is C12H22N2O2S. The summed E-state index contributed by atoms with van der Waals surface area (Å²) >= 11 is 2.02. The lowest BCUT2D eigenvalue weighted by Crippen LogP contribution is -2.50. The summed E-state index contributed by atoms with van der Waals surface area (Å²) in [6.07, 6.45) is 4.40. The summed E-state index contributed by atoms with van der Waals surface area (Å²) in [4.78, 5) is 11.2. The van der Waals surface area contributed by atoms with E-state index in [1.807, 2.05) is 11.8 Å². The van der Waals surface area contributed by atoms with Crippen LogP contribution in [0.1, 0.15) is 25.7 Å². The lowest BCUT2D eigenvalue weighted by molar-refractivity contribution is -0.121.